The van der Waals surface area contributed by atoms with Gasteiger partial charge in [0, 0.05) is 22.0 Å². The summed E-state index contributed by atoms with van der Waals surface area (Å²) in [7, 11) is 0. The van der Waals surface area contributed by atoms with Crippen LogP contribution in [-0.4, -0.2) is 21.6 Å². The maximum absolute atomic E-state index is 11.8. The van der Waals surface area contributed by atoms with Crippen molar-refractivity contribution < 1.29 is 4.79 Å². The first-order valence-electron chi connectivity index (χ1n) is 6.17. The number of carbonyl (C=O) groups is 1. The number of carbonyl (C=O) groups excluding carboxylic acids is 1. The largest absolute Gasteiger partial charge is 0.370 e. The minimum Gasteiger partial charge on any atom is -0.370 e. The predicted octanol–water partition coefficient (Wildman–Crippen LogP) is 1.61. The number of nitrogens with two attached hydrogens (primary N) is 2. The summed E-state index contributed by atoms with van der Waals surface area (Å²) < 4.78 is 1.83. The van der Waals surface area contributed by atoms with E-state index in [-0.39, 0.29) is 18.4 Å². The van der Waals surface area contributed by atoms with Crippen molar-refractivity contribution in [2.75, 3.05) is 0 Å². The Kier molecular flexibility index (Phi) is 3.94. The molecule has 1 aromatic carbocycles. The van der Waals surface area contributed by atoms with Crippen LogP contribution >= 0.6 is 11.6 Å². The number of nitrogens with zero attached hydrogens (tertiary/aromatic N) is 3. The highest BCUT2D eigenvalue weighted by Crippen LogP contribution is 2.28. The third-order valence-electron chi connectivity index (χ3n) is 2.88. The van der Waals surface area contributed by atoms with Gasteiger partial charge in [-0.3, -0.25) is 9.48 Å². The van der Waals surface area contributed by atoms with Crippen LogP contribution in [0.4, 0.5) is 0 Å². The summed E-state index contributed by atoms with van der Waals surface area (Å²) in [4.78, 5) is 15.3. The van der Waals surface area contributed by atoms with Gasteiger partial charge in [-0.2, -0.15) is 10.1 Å². The minimum atomic E-state index is -0.434. The number of benzene rings is 1. The number of guanidine groups is 1. The average Bonchev–Trinajstić information content (AvgIpc) is 2.76. The number of rotatable bonds is 3. The molecule has 0 bridgehead atoms. The van der Waals surface area contributed by atoms with Gasteiger partial charge in [-0.15, -0.1) is 0 Å². The van der Waals surface area contributed by atoms with Gasteiger partial charge in [-0.1, -0.05) is 11.6 Å². The van der Waals surface area contributed by atoms with Crippen LogP contribution in [0.25, 0.3) is 10.9 Å². The molecule has 1 heterocycles. The van der Waals surface area contributed by atoms with Crippen LogP contribution < -0.4 is 11.5 Å². The van der Waals surface area contributed by atoms with Crippen molar-refractivity contribution in [2.24, 2.45) is 16.5 Å². The number of halogens is 1. The smallest absolute Gasteiger partial charge is 0.253 e. The van der Waals surface area contributed by atoms with Crippen LogP contribution in [0, 0.1) is 0 Å². The fourth-order valence-corrected chi connectivity index (χ4v) is 2.30. The Labute approximate surface area is 121 Å². The van der Waals surface area contributed by atoms with Gasteiger partial charge in [0.15, 0.2) is 5.96 Å². The van der Waals surface area contributed by atoms with Crippen molar-refractivity contribution in [2.45, 2.75) is 26.3 Å². The maximum Gasteiger partial charge on any atom is 0.253 e. The molecule has 0 aliphatic rings. The summed E-state index contributed by atoms with van der Waals surface area (Å²) in [6, 6.07) is 3.77. The van der Waals surface area contributed by atoms with Gasteiger partial charge in [-0.25, -0.2) is 0 Å². The number of hydrogen-bond acceptors (Lipinski definition) is 2. The van der Waals surface area contributed by atoms with Crippen molar-refractivity contribution in [3.8, 4) is 0 Å². The van der Waals surface area contributed by atoms with Crippen LogP contribution in [0.3, 0.4) is 0 Å². The zero-order valence-corrected chi connectivity index (χ0v) is 12.1. The predicted molar refractivity (Wildman–Crippen MR) is 79.6 cm³/mol. The monoisotopic (exact) mass is 293 g/mol. The third-order valence-corrected chi connectivity index (χ3v) is 3.23. The fourth-order valence-electron chi connectivity index (χ4n) is 2.08. The van der Waals surface area contributed by atoms with Gasteiger partial charge in [0.25, 0.3) is 5.91 Å². The van der Waals surface area contributed by atoms with Crippen molar-refractivity contribution in [3.63, 3.8) is 0 Å². The van der Waals surface area contributed by atoms with Gasteiger partial charge in [0.05, 0.1) is 18.1 Å². The molecule has 0 aliphatic carbocycles. The van der Waals surface area contributed by atoms with E-state index in [9.17, 15) is 4.79 Å². The molecular weight excluding hydrogens is 278 g/mol. The molecule has 6 nitrogen and oxygen atoms in total. The minimum absolute atomic E-state index is 0.0342. The number of aliphatic imine (C=N–C) groups is 1. The molecule has 2 aromatic rings. The first kappa shape index (κ1) is 14.3. The molecule has 1 amide bonds. The number of amides is 1. The maximum atomic E-state index is 11.8. The topological polar surface area (TPSA) is 99.3 Å². The highest BCUT2D eigenvalue weighted by Gasteiger charge is 2.16. The zero-order valence-electron chi connectivity index (χ0n) is 11.3. The lowest BCUT2D eigenvalue weighted by Crippen LogP contribution is -2.24. The Morgan fingerprint density at radius 3 is 2.75 bits per heavy atom. The van der Waals surface area contributed by atoms with Gasteiger partial charge in [-0.05, 0) is 26.0 Å². The lowest BCUT2D eigenvalue weighted by molar-refractivity contribution is -0.117. The molecule has 7 heteroatoms. The van der Waals surface area contributed by atoms with E-state index < -0.39 is 5.91 Å². The number of hydrogen-bond donors (Lipinski definition) is 2. The summed E-state index contributed by atoms with van der Waals surface area (Å²) in [5.74, 6) is -0.688. The summed E-state index contributed by atoms with van der Waals surface area (Å²) in [6.45, 7) is 4.02. The molecule has 0 fully saturated rings. The molecule has 0 aliphatic heterocycles. The quantitative estimate of drug-likeness (QED) is 0.663. The summed E-state index contributed by atoms with van der Waals surface area (Å²) >= 11 is 6.21. The molecule has 0 radical (unpaired) electrons. The molecule has 1 aromatic heterocycles. The molecule has 20 heavy (non-hydrogen) atoms. The lowest BCUT2D eigenvalue weighted by Gasteiger charge is -2.11. The highest BCUT2D eigenvalue weighted by molar-refractivity contribution is 6.32. The van der Waals surface area contributed by atoms with E-state index in [1.165, 1.54) is 0 Å². The van der Waals surface area contributed by atoms with Crippen LogP contribution in [0.2, 0.25) is 5.02 Å². The fraction of sp³-hybridized carbons (Fsp3) is 0.308. The van der Waals surface area contributed by atoms with E-state index in [1.807, 2.05) is 24.6 Å². The van der Waals surface area contributed by atoms with E-state index in [0.29, 0.717) is 10.6 Å². The van der Waals surface area contributed by atoms with E-state index in [0.717, 1.165) is 10.9 Å². The van der Waals surface area contributed by atoms with Crippen LogP contribution in [0.1, 0.15) is 25.5 Å². The van der Waals surface area contributed by atoms with E-state index in [2.05, 4.69) is 10.1 Å². The molecule has 4 N–H and O–H groups in total. The number of aromatic nitrogens is 2. The molecule has 0 atom stereocenters. The van der Waals surface area contributed by atoms with Crippen molar-refractivity contribution in [1.82, 2.24) is 9.78 Å². The molecular formula is C13H16ClN5O. The average molecular weight is 294 g/mol. The van der Waals surface area contributed by atoms with Crippen molar-refractivity contribution in [1.29, 1.82) is 0 Å². The highest BCUT2D eigenvalue weighted by atomic mass is 35.5. The second-order valence-corrected chi connectivity index (χ2v) is 5.16. The Morgan fingerprint density at radius 1 is 1.45 bits per heavy atom. The first-order chi connectivity index (χ1) is 9.40. The second kappa shape index (κ2) is 5.50. The van der Waals surface area contributed by atoms with Crippen LogP contribution in [0.5, 0.6) is 0 Å². The summed E-state index contributed by atoms with van der Waals surface area (Å²) in [5.41, 5.74) is 11.9. The van der Waals surface area contributed by atoms with Gasteiger partial charge >= 0.3 is 0 Å². The molecule has 2 rings (SSSR count). The van der Waals surface area contributed by atoms with Gasteiger partial charge in [0.2, 0.25) is 0 Å². The number of fused-ring (bicyclic) bond motifs is 1. The van der Waals surface area contributed by atoms with Gasteiger partial charge < -0.3 is 11.5 Å². The van der Waals surface area contributed by atoms with E-state index in [1.54, 1.807) is 12.3 Å². The normalized spacial score (nSPS) is 11.0. The van der Waals surface area contributed by atoms with Crippen LogP contribution in [-0.2, 0) is 11.2 Å². The Morgan fingerprint density at radius 2 is 2.15 bits per heavy atom. The Bertz CT molecular complexity index is 685. The SMILES string of the molecule is CC(C)n1ncc2ccc(Cl)c(CC(=O)N=C(N)N)c21. The Balaban J connectivity index is 2.56. The lowest BCUT2D eigenvalue weighted by atomic mass is 10.1. The molecule has 0 spiro atoms. The second-order valence-electron chi connectivity index (χ2n) is 4.75. The summed E-state index contributed by atoms with van der Waals surface area (Å²) in [6.07, 6.45) is 1.78. The van der Waals surface area contributed by atoms with E-state index >= 15 is 0 Å². The van der Waals surface area contributed by atoms with Crippen molar-refractivity contribution in [3.05, 3.63) is 28.9 Å². The van der Waals surface area contributed by atoms with Gasteiger partial charge in [0.1, 0.15) is 0 Å². The first-order valence-corrected chi connectivity index (χ1v) is 6.55. The molecule has 106 valence electrons. The zero-order chi connectivity index (χ0) is 14.9. The van der Waals surface area contributed by atoms with Crippen molar-refractivity contribution >= 4 is 34.4 Å². The third kappa shape index (κ3) is 2.75. The van der Waals surface area contributed by atoms with E-state index in [4.69, 9.17) is 23.1 Å². The molecule has 0 unspecified atom stereocenters. The molecule has 0 saturated carbocycles. The standard InChI is InChI=1S/C13H16ClN5O/c1-7(2)19-12-8(6-17-19)3-4-10(14)9(12)5-11(20)18-13(15)16/h3-4,6-7H,5H2,1-2H3,(H4,15,16,18,20). The summed E-state index contributed by atoms with van der Waals surface area (Å²) in [5, 5.41) is 5.75. The van der Waals surface area contributed by atoms with Crippen LogP contribution in [0.15, 0.2) is 23.3 Å². The molecule has 0 saturated heterocycles. The Hall–Kier alpha value is -2.08.